The molecular formula is C10H7Cl3N4O. The summed E-state index contributed by atoms with van der Waals surface area (Å²) in [6.45, 7) is 0. The van der Waals surface area contributed by atoms with Gasteiger partial charge in [-0.1, -0.05) is 29.3 Å². The average molecular weight is 306 g/mol. The van der Waals surface area contributed by atoms with Crippen LogP contribution in [0.1, 0.15) is 0 Å². The molecule has 94 valence electrons. The van der Waals surface area contributed by atoms with E-state index in [9.17, 15) is 0 Å². The zero-order valence-electron chi connectivity index (χ0n) is 9.12. The SMILES string of the molecule is COc1nc(Cl)nc(Nc2c(Cl)cccc2Cl)n1. The van der Waals surface area contributed by atoms with Gasteiger partial charge in [-0.25, -0.2) is 0 Å². The molecule has 18 heavy (non-hydrogen) atoms. The van der Waals surface area contributed by atoms with Crippen LogP contribution in [0.2, 0.25) is 15.3 Å². The van der Waals surface area contributed by atoms with Crippen LogP contribution in [-0.4, -0.2) is 22.1 Å². The number of ether oxygens (including phenoxy) is 1. The lowest BCUT2D eigenvalue weighted by molar-refractivity contribution is 0.379. The van der Waals surface area contributed by atoms with Crippen LogP contribution in [0.5, 0.6) is 6.01 Å². The van der Waals surface area contributed by atoms with Crippen molar-refractivity contribution in [2.45, 2.75) is 0 Å². The Balaban J connectivity index is 2.37. The molecule has 0 aliphatic heterocycles. The first-order valence-electron chi connectivity index (χ1n) is 4.76. The summed E-state index contributed by atoms with van der Waals surface area (Å²) >= 11 is 17.7. The highest BCUT2D eigenvalue weighted by Crippen LogP contribution is 2.31. The predicted molar refractivity (Wildman–Crippen MR) is 71.1 cm³/mol. The fourth-order valence-corrected chi connectivity index (χ4v) is 1.85. The summed E-state index contributed by atoms with van der Waals surface area (Å²) < 4.78 is 4.88. The molecule has 0 saturated carbocycles. The molecule has 0 unspecified atom stereocenters. The standard InChI is InChI=1S/C10H7Cl3N4O/c1-18-10-16-8(13)15-9(17-10)14-7-5(11)3-2-4-6(7)12/h2-4H,1H3,(H,14,15,16,17). The van der Waals surface area contributed by atoms with Gasteiger partial charge in [0, 0.05) is 0 Å². The highest BCUT2D eigenvalue weighted by Gasteiger charge is 2.10. The summed E-state index contributed by atoms with van der Waals surface area (Å²) in [7, 11) is 1.43. The molecule has 0 spiro atoms. The summed E-state index contributed by atoms with van der Waals surface area (Å²) in [6.07, 6.45) is 0. The minimum absolute atomic E-state index is 0.00697. The van der Waals surface area contributed by atoms with Crippen molar-refractivity contribution in [2.24, 2.45) is 0 Å². The molecule has 1 aromatic carbocycles. The summed E-state index contributed by atoms with van der Waals surface area (Å²) in [6, 6.07) is 5.21. The van der Waals surface area contributed by atoms with Gasteiger partial charge in [-0.15, -0.1) is 0 Å². The van der Waals surface area contributed by atoms with Crippen LogP contribution in [0.4, 0.5) is 11.6 Å². The fourth-order valence-electron chi connectivity index (χ4n) is 1.21. The number of hydrogen-bond donors (Lipinski definition) is 1. The molecule has 1 heterocycles. The molecular weight excluding hydrogens is 298 g/mol. The minimum atomic E-state index is 0.00697. The number of aromatic nitrogens is 3. The van der Waals surface area contributed by atoms with Crippen LogP contribution in [0.15, 0.2) is 18.2 Å². The number of anilines is 2. The zero-order valence-corrected chi connectivity index (χ0v) is 11.4. The van der Waals surface area contributed by atoms with Gasteiger partial charge in [-0.2, -0.15) is 15.0 Å². The maximum Gasteiger partial charge on any atom is 0.322 e. The van der Waals surface area contributed by atoms with Gasteiger partial charge in [0.05, 0.1) is 22.8 Å². The van der Waals surface area contributed by atoms with Gasteiger partial charge >= 0.3 is 6.01 Å². The largest absolute Gasteiger partial charge is 0.467 e. The Morgan fingerprint density at radius 1 is 1.06 bits per heavy atom. The van der Waals surface area contributed by atoms with Crippen molar-refractivity contribution in [3.8, 4) is 6.01 Å². The van der Waals surface area contributed by atoms with E-state index in [4.69, 9.17) is 39.5 Å². The van der Waals surface area contributed by atoms with Crippen LogP contribution in [0.25, 0.3) is 0 Å². The van der Waals surface area contributed by atoms with Crippen molar-refractivity contribution in [1.29, 1.82) is 0 Å². The smallest absolute Gasteiger partial charge is 0.322 e. The van der Waals surface area contributed by atoms with Crippen LogP contribution >= 0.6 is 34.8 Å². The predicted octanol–water partition coefficient (Wildman–Crippen LogP) is 3.58. The van der Waals surface area contributed by atoms with E-state index in [0.717, 1.165) is 0 Å². The fraction of sp³-hybridized carbons (Fsp3) is 0.100. The monoisotopic (exact) mass is 304 g/mol. The number of halogens is 3. The van der Waals surface area contributed by atoms with E-state index in [-0.39, 0.29) is 17.2 Å². The van der Waals surface area contributed by atoms with Crippen LogP contribution in [-0.2, 0) is 0 Å². The lowest BCUT2D eigenvalue weighted by Crippen LogP contribution is -2.02. The summed E-state index contributed by atoms with van der Waals surface area (Å²) in [5, 5.41) is 3.76. The van der Waals surface area contributed by atoms with Gasteiger partial charge in [-0.05, 0) is 23.7 Å². The summed E-state index contributed by atoms with van der Waals surface area (Å²) in [5.41, 5.74) is 0.491. The van der Waals surface area contributed by atoms with E-state index in [0.29, 0.717) is 15.7 Å². The molecule has 2 aromatic rings. The van der Waals surface area contributed by atoms with E-state index in [2.05, 4.69) is 20.3 Å². The van der Waals surface area contributed by atoms with Gasteiger partial charge < -0.3 is 10.1 Å². The number of methoxy groups -OCH3 is 1. The van der Waals surface area contributed by atoms with Crippen molar-refractivity contribution >= 4 is 46.4 Å². The number of para-hydroxylation sites is 1. The van der Waals surface area contributed by atoms with Crippen LogP contribution in [0, 0.1) is 0 Å². The van der Waals surface area contributed by atoms with E-state index >= 15 is 0 Å². The molecule has 1 aromatic heterocycles. The Hall–Kier alpha value is -1.30. The van der Waals surface area contributed by atoms with Crippen molar-refractivity contribution in [3.63, 3.8) is 0 Å². The lowest BCUT2D eigenvalue weighted by atomic mass is 10.3. The van der Waals surface area contributed by atoms with Gasteiger partial charge in [0.25, 0.3) is 0 Å². The third kappa shape index (κ3) is 2.93. The highest BCUT2D eigenvalue weighted by atomic mass is 35.5. The maximum absolute atomic E-state index is 6.01. The van der Waals surface area contributed by atoms with Gasteiger partial charge in [0.1, 0.15) is 0 Å². The Morgan fingerprint density at radius 3 is 2.33 bits per heavy atom. The van der Waals surface area contributed by atoms with E-state index in [1.807, 2.05) is 0 Å². The Morgan fingerprint density at radius 2 is 1.72 bits per heavy atom. The highest BCUT2D eigenvalue weighted by molar-refractivity contribution is 6.39. The molecule has 0 atom stereocenters. The first-order valence-corrected chi connectivity index (χ1v) is 5.90. The average Bonchev–Trinajstić information content (AvgIpc) is 2.33. The molecule has 0 aliphatic carbocycles. The first kappa shape index (κ1) is 13.1. The second-order valence-electron chi connectivity index (χ2n) is 3.14. The molecule has 0 radical (unpaired) electrons. The van der Waals surface area contributed by atoms with Crippen molar-refractivity contribution < 1.29 is 4.74 Å². The zero-order chi connectivity index (χ0) is 13.1. The van der Waals surface area contributed by atoms with Gasteiger partial charge in [0.15, 0.2) is 0 Å². The molecule has 5 nitrogen and oxygen atoms in total. The Kier molecular flexibility index (Phi) is 4.06. The molecule has 0 aliphatic rings. The first-order chi connectivity index (χ1) is 8.60. The number of nitrogens with zero attached hydrogens (tertiary/aromatic N) is 3. The van der Waals surface area contributed by atoms with Gasteiger partial charge in [0.2, 0.25) is 11.2 Å². The third-order valence-corrected chi connectivity index (χ3v) is 2.77. The Bertz CT molecular complexity index is 559. The van der Waals surface area contributed by atoms with Crippen molar-refractivity contribution in [1.82, 2.24) is 15.0 Å². The second kappa shape index (κ2) is 5.56. The number of hydrogen-bond acceptors (Lipinski definition) is 5. The van der Waals surface area contributed by atoms with Crippen LogP contribution < -0.4 is 10.1 Å². The quantitative estimate of drug-likeness (QED) is 0.939. The topological polar surface area (TPSA) is 59.9 Å². The van der Waals surface area contributed by atoms with E-state index in [1.165, 1.54) is 7.11 Å². The summed E-state index contributed by atoms with van der Waals surface area (Å²) in [4.78, 5) is 11.6. The third-order valence-electron chi connectivity index (χ3n) is 1.97. The summed E-state index contributed by atoms with van der Waals surface area (Å²) in [5.74, 6) is 0.196. The number of benzene rings is 1. The molecule has 1 N–H and O–H groups in total. The van der Waals surface area contributed by atoms with E-state index in [1.54, 1.807) is 18.2 Å². The molecule has 0 amide bonds. The van der Waals surface area contributed by atoms with Crippen molar-refractivity contribution in [3.05, 3.63) is 33.5 Å². The number of nitrogens with one attached hydrogen (secondary N) is 1. The maximum atomic E-state index is 6.01. The molecule has 8 heteroatoms. The Labute approximate surface area is 118 Å². The lowest BCUT2D eigenvalue weighted by Gasteiger charge is -2.09. The second-order valence-corrected chi connectivity index (χ2v) is 4.29. The molecule has 2 rings (SSSR count). The number of rotatable bonds is 3. The molecule has 0 saturated heterocycles. The minimum Gasteiger partial charge on any atom is -0.467 e. The van der Waals surface area contributed by atoms with Crippen LogP contribution in [0.3, 0.4) is 0 Å². The molecule has 0 bridgehead atoms. The molecule has 0 fully saturated rings. The van der Waals surface area contributed by atoms with E-state index < -0.39 is 0 Å². The van der Waals surface area contributed by atoms with Gasteiger partial charge in [-0.3, -0.25) is 0 Å². The normalized spacial score (nSPS) is 10.2. The van der Waals surface area contributed by atoms with Crippen molar-refractivity contribution in [2.75, 3.05) is 12.4 Å².